The van der Waals surface area contributed by atoms with Crippen LogP contribution in [0.5, 0.6) is 0 Å². The molecule has 0 unspecified atom stereocenters. The van der Waals surface area contributed by atoms with Crippen LogP contribution in [-0.2, 0) is 18.4 Å². The Kier molecular flexibility index (Phi) is 4.32. The average molecular weight is 296 g/mol. The van der Waals surface area contributed by atoms with Gasteiger partial charge in [0.05, 0.1) is 17.9 Å². The van der Waals surface area contributed by atoms with Crippen molar-refractivity contribution in [3.63, 3.8) is 0 Å². The smallest absolute Gasteiger partial charge is 0.223 e. The number of carbonyl (C=O) groups is 1. The van der Waals surface area contributed by atoms with Gasteiger partial charge in [0.1, 0.15) is 0 Å². The molecule has 5 nitrogen and oxygen atoms in total. The number of nitrogens with one attached hydrogen (secondary N) is 1. The van der Waals surface area contributed by atoms with E-state index in [1.54, 1.807) is 12.4 Å². The highest BCUT2D eigenvalue weighted by Gasteiger charge is 2.18. The van der Waals surface area contributed by atoms with Crippen LogP contribution in [0.4, 0.5) is 0 Å². The predicted octanol–water partition coefficient (Wildman–Crippen LogP) is 2.45. The van der Waals surface area contributed by atoms with Gasteiger partial charge in [-0.3, -0.25) is 14.5 Å². The van der Waals surface area contributed by atoms with Crippen LogP contribution in [0.1, 0.15) is 25.0 Å². The molecular formula is C17H20N4O. The Morgan fingerprint density at radius 1 is 1.45 bits per heavy atom. The summed E-state index contributed by atoms with van der Waals surface area (Å²) in [7, 11) is 1.89. The highest BCUT2D eigenvalue weighted by atomic mass is 16.1. The second kappa shape index (κ2) is 6.56. The van der Waals surface area contributed by atoms with E-state index < -0.39 is 0 Å². The molecule has 114 valence electrons. The van der Waals surface area contributed by atoms with E-state index >= 15 is 0 Å². The largest absolute Gasteiger partial charge is 0.350 e. The van der Waals surface area contributed by atoms with E-state index in [4.69, 9.17) is 0 Å². The highest BCUT2D eigenvalue weighted by molar-refractivity contribution is 5.79. The molecule has 2 aromatic rings. The van der Waals surface area contributed by atoms with E-state index in [9.17, 15) is 4.79 Å². The van der Waals surface area contributed by atoms with E-state index in [0.717, 1.165) is 36.2 Å². The van der Waals surface area contributed by atoms with Crippen molar-refractivity contribution in [1.29, 1.82) is 0 Å². The summed E-state index contributed by atoms with van der Waals surface area (Å²) in [6, 6.07) is 5.87. The Balaban J connectivity index is 1.64. The Labute approximate surface area is 130 Å². The lowest BCUT2D eigenvalue weighted by atomic mass is 9.94. The number of allylic oxidation sites excluding steroid dienone is 2. The lowest BCUT2D eigenvalue weighted by Crippen LogP contribution is -2.31. The Bertz CT molecular complexity index is 675. The summed E-state index contributed by atoms with van der Waals surface area (Å²) in [6.45, 7) is 0.503. The topological polar surface area (TPSA) is 59.8 Å². The van der Waals surface area contributed by atoms with Gasteiger partial charge < -0.3 is 5.32 Å². The molecule has 22 heavy (non-hydrogen) atoms. The molecule has 5 heteroatoms. The minimum atomic E-state index is 0.107. The van der Waals surface area contributed by atoms with Gasteiger partial charge in [-0.2, -0.15) is 5.10 Å². The number of pyridine rings is 1. The van der Waals surface area contributed by atoms with Crippen LogP contribution in [0.2, 0.25) is 0 Å². The fourth-order valence-corrected chi connectivity index (χ4v) is 2.68. The van der Waals surface area contributed by atoms with Gasteiger partial charge in [0.2, 0.25) is 5.91 Å². The third-order valence-corrected chi connectivity index (χ3v) is 4.02. The summed E-state index contributed by atoms with van der Waals surface area (Å²) in [6.07, 6.45) is 10.6. The molecule has 0 radical (unpaired) electrons. The van der Waals surface area contributed by atoms with Crippen LogP contribution in [0.3, 0.4) is 0 Å². The molecule has 0 aromatic carbocycles. The average Bonchev–Trinajstić information content (AvgIpc) is 2.95. The molecule has 0 saturated carbocycles. The van der Waals surface area contributed by atoms with Crippen LogP contribution in [0, 0.1) is 5.92 Å². The number of rotatable bonds is 4. The summed E-state index contributed by atoms with van der Waals surface area (Å²) in [5.74, 6) is 0.240. The van der Waals surface area contributed by atoms with E-state index in [1.165, 1.54) is 0 Å². The molecular weight excluding hydrogens is 276 g/mol. The van der Waals surface area contributed by atoms with Gasteiger partial charge in [-0.1, -0.05) is 12.2 Å². The van der Waals surface area contributed by atoms with Crippen LogP contribution in [0.25, 0.3) is 11.3 Å². The van der Waals surface area contributed by atoms with Crippen molar-refractivity contribution in [3.8, 4) is 11.3 Å². The van der Waals surface area contributed by atoms with Gasteiger partial charge in [0, 0.05) is 30.9 Å². The molecule has 1 aliphatic carbocycles. The normalized spacial score (nSPS) is 17.4. The first-order valence-electron chi connectivity index (χ1n) is 7.60. The number of hydrogen-bond acceptors (Lipinski definition) is 3. The second-order valence-electron chi connectivity index (χ2n) is 5.59. The zero-order valence-electron chi connectivity index (χ0n) is 12.7. The SMILES string of the molecule is Cn1nc(-c2cccnc2)cc1CNC(=O)[C@@H]1CC=CCC1. The molecule has 0 aliphatic heterocycles. The van der Waals surface area contributed by atoms with E-state index in [2.05, 4.69) is 27.6 Å². The molecule has 1 aliphatic rings. The van der Waals surface area contributed by atoms with Crippen LogP contribution >= 0.6 is 0 Å². The summed E-state index contributed by atoms with van der Waals surface area (Å²) >= 11 is 0. The van der Waals surface area contributed by atoms with Crippen molar-refractivity contribution in [2.75, 3.05) is 0 Å². The number of carbonyl (C=O) groups excluding carboxylic acids is 1. The molecule has 1 N–H and O–H groups in total. The molecule has 1 atom stereocenters. The van der Waals surface area contributed by atoms with Crippen molar-refractivity contribution < 1.29 is 4.79 Å². The summed E-state index contributed by atoms with van der Waals surface area (Å²) < 4.78 is 1.81. The van der Waals surface area contributed by atoms with Crippen LogP contribution in [-0.4, -0.2) is 20.7 Å². The fraction of sp³-hybridized carbons (Fsp3) is 0.353. The number of aromatic nitrogens is 3. The van der Waals surface area contributed by atoms with Gasteiger partial charge >= 0.3 is 0 Å². The maximum atomic E-state index is 12.2. The minimum Gasteiger partial charge on any atom is -0.350 e. The molecule has 0 fully saturated rings. The molecule has 0 saturated heterocycles. The van der Waals surface area contributed by atoms with Crippen LogP contribution in [0.15, 0.2) is 42.7 Å². The van der Waals surface area contributed by atoms with Gasteiger partial charge in [0.25, 0.3) is 0 Å². The molecule has 3 rings (SSSR count). The maximum absolute atomic E-state index is 12.2. The van der Waals surface area contributed by atoms with Gasteiger partial charge in [-0.05, 0) is 37.5 Å². The number of amides is 1. The monoisotopic (exact) mass is 296 g/mol. The van der Waals surface area contributed by atoms with Crippen LogP contribution < -0.4 is 5.32 Å². The molecule has 1 amide bonds. The third kappa shape index (κ3) is 3.24. The molecule has 0 bridgehead atoms. The standard InChI is InChI=1S/C17H20N4O/c1-21-15(10-16(20-21)14-8-5-9-18-11-14)12-19-17(22)13-6-3-2-4-7-13/h2-3,5,8-11,13H,4,6-7,12H2,1H3,(H,19,22)/t13-/m1/s1. The maximum Gasteiger partial charge on any atom is 0.223 e. The van der Waals surface area contributed by atoms with E-state index in [0.29, 0.717) is 6.54 Å². The lowest BCUT2D eigenvalue weighted by molar-refractivity contribution is -0.125. The van der Waals surface area contributed by atoms with E-state index in [-0.39, 0.29) is 11.8 Å². The van der Waals surface area contributed by atoms with Gasteiger partial charge in [-0.15, -0.1) is 0 Å². The summed E-state index contributed by atoms with van der Waals surface area (Å²) in [5, 5.41) is 7.51. The van der Waals surface area contributed by atoms with Crippen molar-refractivity contribution >= 4 is 5.91 Å². The molecule has 2 aromatic heterocycles. The highest BCUT2D eigenvalue weighted by Crippen LogP contribution is 2.19. The lowest BCUT2D eigenvalue weighted by Gasteiger charge is -2.17. The second-order valence-corrected chi connectivity index (χ2v) is 5.59. The third-order valence-electron chi connectivity index (χ3n) is 4.02. The zero-order valence-corrected chi connectivity index (χ0v) is 12.7. The minimum absolute atomic E-state index is 0.107. The van der Waals surface area contributed by atoms with Gasteiger partial charge in [-0.25, -0.2) is 0 Å². The Morgan fingerprint density at radius 3 is 3.09 bits per heavy atom. The number of nitrogens with zero attached hydrogens (tertiary/aromatic N) is 3. The van der Waals surface area contributed by atoms with Crippen molar-refractivity contribution in [3.05, 3.63) is 48.4 Å². The fourth-order valence-electron chi connectivity index (χ4n) is 2.68. The van der Waals surface area contributed by atoms with Crippen molar-refractivity contribution in [2.45, 2.75) is 25.8 Å². The molecule has 2 heterocycles. The molecule has 0 spiro atoms. The first kappa shape index (κ1) is 14.5. The zero-order chi connectivity index (χ0) is 15.4. The van der Waals surface area contributed by atoms with Crippen molar-refractivity contribution in [1.82, 2.24) is 20.1 Å². The van der Waals surface area contributed by atoms with Gasteiger partial charge in [0.15, 0.2) is 0 Å². The summed E-state index contributed by atoms with van der Waals surface area (Å²) in [4.78, 5) is 16.3. The quantitative estimate of drug-likeness (QED) is 0.882. The van der Waals surface area contributed by atoms with Crippen molar-refractivity contribution in [2.24, 2.45) is 13.0 Å². The van der Waals surface area contributed by atoms with E-state index in [1.807, 2.05) is 29.9 Å². The number of aryl methyl sites for hydroxylation is 1. The Morgan fingerprint density at radius 2 is 2.36 bits per heavy atom. The first-order chi connectivity index (χ1) is 10.7. The Hall–Kier alpha value is -2.43. The number of hydrogen-bond donors (Lipinski definition) is 1. The summed E-state index contributed by atoms with van der Waals surface area (Å²) in [5.41, 5.74) is 2.84. The predicted molar refractivity (Wildman–Crippen MR) is 84.8 cm³/mol. The first-order valence-corrected chi connectivity index (χ1v) is 7.60.